The number of nitrogens with two attached hydrogens (primary N) is 1. The molecule has 0 unspecified atom stereocenters. The molecule has 0 spiro atoms. The first-order valence-electron chi connectivity index (χ1n) is 8.42. The summed E-state index contributed by atoms with van der Waals surface area (Å²) >= 11 is 0. The predicted molar refractivity (Wildman–Crippen MR) is 105 cm³/mol. The van der Waals surface area contributed by atoms with Gasteiger partial charge in [-0.3, -0.25) is 24.7 Å². The molecule has 154 valence electrons. The fourth-order valence-electron chi connectivity index (χ4n) is 2.44. The van der Waals surface area contributed by atoms with Crippen LogP contribution in [-0.2, 0) is 9.53 Å². The van der Waals surface area contributed by atoms with E-state index in [0.29, 0.717) is 12.1 Å². The van der Waals surface area contributed by atoms with Gasteiger partial charge in [0, 0.05) is 25.7 Å². The number of aromatic amines is 1. The molecule has 12 nitrogen and oxygen atoms in total. The molecule has 4 N–H and O–H groups in total. The summed E-state index contributed by atoms with van der Waals surface area (Å²) in [6.45, 7) is 0.108. The number of hydrogen-bond acceptors (Lipinski definition) is 10. The number of carbonyl (C=O) groups excluding carboxylic acids is 2. The molecule has 0 bridgehead atoms. The Morgan fingerprint density at radius 1 is 1.34 bits per heavy atom. The zero-order valence-corrected chi connectivity index (χ0v) is 15.8. The predicted octanol–water partition coefficient (Wildman–Crippen LogP) is 0.554. The van der Waals surface area contributed by atoms with E-state index >= 15 is 0 Å². The average molecular weight is 404 g/mol. The molecule has 0 radical (unpaired) electrons. The second kappa shape index (κ2) is 9.30. The molecule has 29 heavy (non-hydrogen) atoms. The van der Waals surface area contributed by atoms with Gasteiger partial charge in [-0.05, 0) is 24.3 Å². The number of nitrogen functional groups attached to an aromatic ring is 1. The van der Waals surface area contributed by atoms with E-state index in [-0.39, 0.29) is 30.5 Å². The molecular formula is C17H20N6O6. The van der Waals surface area contributed by atoms with Gasteiger partial charge in [-0.25, -0.2) is 4.79 Å². The zero-order chi connectivity index (χ0) is 21.6. The number of anilines is 3. The maximum Gasteiger partial charge on any atom is 0.375 e. The lowest BCUT2D eigenvalue weighted by Crippen LogP contribution is -2.25. The lowest BCUT2D eigenvalue weighted by Gasteiger charge is -2.19. The molecule has 0 atom stereocenters. The van der Waals surface area contributed by atoms with Crippen molar-refractivity contribution in [3.63, 3.8) is 0 Å². The summed E-state index contributed by atoms with van der Waals surface area (Å²) in [5.41, 5.74) is 4.77. The number of nitro groups is 1. The van der Waals surface area contributed by atoms with Crippen LogP contribution < -0.4 is 21.5 Å². The molecule has 0 amide bonds. The first-order chi connectivity index (χ1) is 13.7. The van der Waals surface area contributed by atoms with Gasteiger partial charge < -0.3 is 20.7 Å². The maximum atomic E-state index is 12.1. The zero-order valence-electron chi connectivity index (χ0n) is 15.8. The van der Waals surface area contributed by atoms with Gasteiger partial charge in [0.15, 0.2) is 5.78 Å². The van der Waals surface area contributed by atoms with Crippen molar-refractivity contribution in [1.82, 2.24) is 9.97 Å². The van der Waals surface area contributed by atoms with Crippen molar-refractivity contribution in [2.75, 3.05) is 43.2 Å². The van der Waals surface area contributed by atoms with Crippen LogP contribution in [0, 0.1) is 10.1 Å². The number of nitrogens with zero attached hydrogens (tertiary/aromatic N) is 3. The van der Waals surface area contributed by atoms with Gasteiger partial charge in [0.05, 0.1) is 24.1 Å². The number of rotatable bonds is 9. The molecule has 0 aliphatic heterocycles. The molecule has 12 heteroatoms. The SMILES string of the molecule is COC(=O)c1ccc(N(C)CCC(=O)CNc2nc(N)[nH]c(=O)c2[N+](=O)[O-])cc1. The first-order valence-corrected chi connectivity index (χ1v) is 8.42. The van der Waals surface area contributed by atoms with Gasteiger partial charge >= 0.3 is 17.2 Å². The van der Waals surface area contributed by atoms with Gasteiger partial charge in [0.2, 0.25) is 11.8 Å². The van der Waals surface area contributed by atoms with Crippen molar-refractivity contribution in [3.8, 4) is 0 Å². The lowest BCUT2D eigenvalue weighted by atomic mass is 10.2. The molecule has 0 aliphatic rings. The number of hydrogen-bond donors (Lipinski definition) is 3. The molecule has 0 fully saturated rings. The lowest BCUT2D eigenvalue weighted by molar-refractivity contribution is -0.385. The number of Topliss-reactive ketones (excluding diaryl/α,β-unsaturated/α-hetero) is 1. The van der Waals surface area contributed by atoms with E-state index in [1.54, 1.807) is 31.3 Å². The van der Waals surface area contributed by atoms with Crippen LogP contribution in [0.4, 0.5) is 23.1 Å². The van der Waals surface area contributed by atoms with Crippen molar-refractivity contribution in [2.45, 2.75) is 6.42 Å². The van der Waals surface area contributed by atoms with E-state index < -0.39 is 22.1 Å². The molecule has 1 aromatic carbocycles. The summed E-state index contributed by atoms with van der Waals surface area (Å²) in [6.07, 6.45) is 0.134. The van der Waals surface area contributed by atoms with E-state index in [2.05, 4.69) is 15.0 Å². The van der Waals surface area contributed by atoms with E-state index in [1.165, 1.54) is 7.11 Å². The molecule has 2 aromatic rings. The number of carbonyl (C=O) groups is 2. The van der Waals surface area contributed by atoms with Crippen LogP contribution in [-0.4, -0.2) is 53.9 Å². The molecule has 1 aromatic heterocycles. The fraction of sp³-hybridized carbons (Fsp3) is 0.294. The number of aromatic nitrogens is 2. The summed E-state index contributed by atoms with van der Waals surface area (Å²) in [5.74, 6) is -1.36. The van der Waals surface area contributed by atoms with Crippen LogP contribution in [0.1, 0.15) is 16.8 Å². The number of benzene rings is 1. The Kier molecular flexibility index (Phi) is 6.85. The van der Waals surface area contributed by atoms with Crippen molar-refractivity contribution in [3.05, 3.63) is 50.3 Å². The minimum atomic E-state index is -1.01. The van der Waals surface area contributed by atoms with Crippen molar-refractivity contribution in [1.29, 1.82) is 0 Å². The van der Waals surface area contributed by atoms with Crippen LogP contribution in [0.25, 0.3) is 0 Å². The standard InChI is InChI=1S/C17H20N6O6/c1-22(11-5-3-10(4-6-11)16(26)29-2)8-7-12(24)9-19-14-13(23(27)28)15(25)21-17(18)20-14/h3-6H,7-9H2,1-2H3,(H4,18,19,20,21,25). The Labute approximate surface area is 164 Å². The van der Waals surface area contributed by atoms with Crippen LogP contribution in [0.3, 0.4) is 0 Å². The third-order valence-corrected chi connectivity index (χ3v) is 4.00. The largest absolute Gasteiger partial charge is 0.465 e. The quantitative estimate of drug-likeness (QED) is 0.304. The number of ketones is 1. The second-order valence-corrected chi connectivity index (χ2v) is 6.01. The third-order valence-electron chi connectivity index (χ3n) is 4.00. The summed E-state index contributed by atoms with van der Waals surface area (Å²) in [6, 6.07) is 6.68. The van der Waals surface area contributed by atoms with Gasteiger partial charge in [-0.1, -0.05) is 0 Å². The van der Waals surface area contributed by atoms with Crippen LogP contribution in [0.5, 0.6) is 0 Å². The molecule has 0 saturated heterocycles. The number of nitrogens with one attached hydrogen (secondary N) is 2. The summed E-state index contributed by atoms with van der Waals surface area (Å²) < 4.78 is 4.64. The van der Waals surface area contributed by atoms with Crippen LogP contribution in [0.2, 0.25) is 0 Å². The van der Waals surface area contributed by atoms with Crippen molar-refractivity contribution < 1.29 is 19.2 Å². The molecule has 0 saturated carbocycles. The normalized spacial score (nSPS) is 10.3. The highest BCUT2D eigenvalue weighted by Crippen LogP contribution is 2.17. The Bertz CT molecular complexity index is 971. The van der Waals surface area contributed by atoms with E-state index in [4.69, 9.17) is 5.73 Å². The van der Waals surface area contributed by atoms with E-state index in [0.717, 1.165) is 5.69 Å². The fourth-order valence-corrected chi connectivity index (χ4v) is 2.44. The highest BCUT2D eigenvalue weighted by molar-refractivity contribution is 5.89. The second-order valence-electron chi connectivity index (χ2n) is 6.01. The smallest absolute Gasteiger partial charge is 0.375 e. The Hall–Kier alpha value is -3.96. The highest BCUT2D eigenvalue weighted by atomic mass is 16.6. The maximum absolute atomic E-state index is 12.1. The highest BCUT2D eigenvalue weighted by Gasteiger charge is 2.22. The number of esters is 1. The average Bonchev–Trinajstić information content (AvgIpc) is 2.69. The minimum Gasteiger partial charge on any atom is -0.465 e. The van der Waals surface area contributed by atoms with Crippen LogP contribution >= 0.6 is 0 Å². The van der Waals surface area contributed by atoms with Gasteiger partial charge in [-0.2, -0.15) is 4.98 Å². The molecule has 1 heterocycles. The van der Waals surface area contributed by atoms with Gasteiger partial charge in [0.25, 0.3) is 0 Å². The summed E-state index contributed by atoms with van der Waals surface area (Å²) in [7, 11) is 3.07. The Balaban J connectivity index is 1.93. The summed E-state index contributed by atoms with van der Waals surface area (Å²) in [4.78, 5) is 52.8. The molecule has 2 rings (SSSR count). The minimum absolute atomic E-state index is 0.134. The monoisotopic (exact) mass is 404 g/mol. The number of ether oxygens (including phenoxy) is 1. The van der Waals surface area contributed by atoms with Crippen molar-refractivity contribution in [2.24, 2.45) is 0 Å². The van der Waals surface area contributed by atoms with Crippen LogP contribution in [0.15, 0.2) is 29.1 Å². The van der Waals surface area contributed by atoms with E-state index in [9.17, 15) is 24.5 Å². The first kappa shape index (κ1) is 21.3. The van der Waals surface area contributed by atoms with Gasteiger partial charge in [-0.15, -0.1) is 0 Å². The Morgan fingerprint density at radius 2 is 2.00 bits per heavy atom. The van der Waals surface area contributed by atoms with Gasteiger partial charge in [0.1, 0.15) is 0 Å². The summed E-state index contributed by atoms with van der Waals surface area (Å²) in [5, 5.41) is 13.5. The molecular weight excluding hydrogens is 384 g/mol. The number of H-pyrrole nitrogens is 1. The Morgan fingerprint density at radius 3 is 2.59 bits per heavy atom. The van der Waals surface area contributed by atoms with E-state index in [1.807, 2.05) is 9.88 Å². The third kappa shape index (κ3) is 5.51. The van der Waals surface area contributed by atoms with Crippen molar-refractivity contribution >= 4 is 34.9 Å². The topological polar surface area (TPSA) is 174 Å². The number of methoxy groups -OCH3 is 1. The molecule has 0 aliphatic carbocycles.